The van der Waals surface area contributed by atoms with Crippen LogP contribution in [0, 0.1) is 0 Å². The zero-order chi connectivity index (χ0) is 13.1. The van der Waals surface area contributed by atoms with Gasteiger partial charge in [0.2, 0.25) is 0 Å². The lowest BCUT2D eigenvalue weighted by atomic mass is 9.81. The Kier molecular flexibility index (Phi) is 2.92. The van der Waals surface area contributed by atoms with Crippen LogP contribution in [-0.4, -0.2) is 5.78 Å². The number of benzene rings is 2. The normalized spacial score (nSPS) is 16.9. The molecule has 2 nitrogen and oxygen atoms in total. The molecule has 0 N–H and O–H groups in total. The number of ether oxygens (including phenoxy) is 1. The van der Waals surface area contributed by atoms with Crippen molar-refractivity contribution in [2.75, 3.05) is 0 Å². The molecule has 1 heterocycles. The van der Waals surface area contributed by atoms with E-state index in [2.05, 4.69) is 0 Å². The lowest BCUT2D eigenvalue weighted by Crippen LogP contribution is -2.34. The van der Waals surface area contributed by atoms with Crippen LogP contribution in [0.2, 0.25) is 0 Å². The molecule has 0 unspecified atom stereocenters. The zero-order valence-electron chi connectivity index (χ0n) is 10.5. The van der Waals surface area contributed by atoms with Gasteiger partial charge in [0.15, 0.2) is 11.4 Å². The van der Waals surface area contributed by atoms with E-state index in [0.29, 0.717) is 6.42 Å². The summed E-state index contributed by atoms with van der Waals surface area (Å²) in [6, 6.07) is 19.8. The fraction of sp³-hybridized carbons (Fsp3) is 0.118. The summed E-state index contributed by atoms with van der Waals surface area (Å²) < 4.78 is 5.91. The van der Waals surface area contributed by atoms with Crippen molar-refractivity contribution in [1.29, 1.82) is 0 Å². The van der Waals surface area contributed by atoms with Gasteiger partial charge in [-0.2, -0.15) is 0 Å². The van der Waals surface area contributed by atoms with Gasteiger partial charge in [-0.15, -0.1) is 0 Å². The van der Waals surface area contributed by atoms with Crippen molar-refractivity contribution in [3.05, 3.63) is 84.1 Å². The standard InChI is InChI=1S/C17H14O2/c18-16-11-12-19-17(13-16,14-7-3-1-4-8-14)15-9-5-2-6-10-15/h1-12H,13H2. The molecule has 0 aromatic heterocycles. The summed E-state index contributed by atoms with van der Waals surface area (Å²) in [5.41, 5.74) is 1.30. The van der Waals surface area contributed by atoms with E-state index in [1.54, 1.807) is 0 Å². The van der Waals surface area contributed by atoms with Crippen LogP contribution in [0.4, 0.5) is 0 Å². The Balaban J connectivity index is 2.17. The van der Waals surface area contributed by atoms with Crippen molar-refractivity contribution < 1.29 is 9.53 Å². The summed E-state index contributed by atoms with van der Waals surface area (Å²) in [5.74, 6) is 0.0824. The van der Waals surface area contributed by atoms with Crippen molar-refractivity contribution in [1.82, 2.24) is 0 Å². The maximum absolute atomic E-state index is 11.9. The van der Waals surface area contributed by atoms with Gasteiger partial charge in [0.25, 0.3) is 0 Å². The Morgan fingerprint density at radius 1 is 0.842 bits per heavy atom. The minimum atomic E-state index is -0.700. The van der Waals surface area contributed by atoms with Crippen LogP contribution in [0.1, 0.15) is 17.5 Å². The maximum Gasteiger partial charge on any atom is 0.165 e. The summed E-state index contributed by atoms with van der Waals surface area (Å²) in [5, 5.41) is 0. The van der Waals surface area contributed by atoms with Crippen LogP contribution < -0.4 is 0 Å². The molecule has 1 aliphatic rings. The molecule has 94 valence electrons. The lowest BCUT2D eigenvalue weighted by molar-refractivity contribution is -0.120. The monoisotopic (exact) mass is 250 g/mol. The molecule has 0 aliphatic carbocycles. The molecule has 2 aromatic rings. The Bertz CT molecular complexity index is 560. The molecule has 0 radical (unpaired) electrons. The van der Waals surface area contributed by atoms with Gasteiger partial charge in [-0.25, -0.2) is 0 Å². The van der Waals surface area contributed by atoms with E-state index in [-0.39, 0.29) is 5.78 Å². The first-order valence-corrected chi connectivity index (χ1v) is 6.29. The van der Waals surface area contributed by atoms with Crippen LogP contribution in [0.5, 0.6) is 0 Å². The quantitative estimate of drug-likeness (QED) is 0.816. The van der Waals surface area contributed by atoms with Gasteiger partial charge in [0.05, 0.1) is 12.7 Å². The van der Waals surface area contributed by atoms with Gasteiger partial charge in [-0.05, 0) is 0 Å². The molecule has 0 amide bonds. The van der Waals surface area contributed by atoms with Gasteiger partial charge in [-0.1, -0.05) is 60.7 Å². The van der Waals surface area contributed by atoms with E-state index < -0.39 is 5.60 Å². The van der Waals surface area contributed by atoms with E-state index in [1.165, 1.54) is 12.3 Å². The summed E-state index contributed by atoms with van der Waals surface area (Å²) in [6.45, 7) is 0. The van der Waals surface area contributed by atoms with Crippen molar-refractivity contribution in [3.8, 4) is 0 Å². The van der Waals surface area contributed by atoms with Crippen LogP contribution in [-0.2, 0) is 15.1 Å². The lowest BCUT2D eigenvalue weighted by Gasteiger charge is -2.35. The van der Waals surface area contributed by atoms with Crippen molar-refractivity contribution >= 4 is 5.78 Å². The second kappa shape index (κ2) is 4.73. The molecule has 0 fully saturated rings. The first-order valence-electron chi connectivity index (χ1n) is 6.29. The second-order valence-corrected chi connectivity index (χ2v) is 4.62. The number of hydrogen-bond donors (Lipinski definition) is 0. The first kappa shape index (κ1) is 11.7. The fourth-order valence-electron chi connectivity index (χ4n) is 2.49. The van der Waals surface area contributed by atoms with Gasteiger partial charge in [0.1, 0.15) is 0 Å². The van der Waals surface area contributed by atoms with Gasteiger partial charge >= 0.3 is 0 Å². The zero-order valence-corrected chi connectivity index (χ0v) is 10.5. The van der Waals surface area contributed by atoms with Gasteiger partial charge in [0, 0.05) is 17.2 Å². The fourth-order valence-corrected chi connectivity index (χ4v) is 2.49. The van der Waals surface area contributed by atoms with E-state index in [0.717, 1.165) is 11.1 Å². The molecule has 2 heteroatoms. The molecular weight excluding hydrogens is 236 g/mol. The van der Waals surface area contributed by atoms with Crippen molar-refractivity contribution in [3.63, 3.8) is 0 Å². The summed E-state index contributed by atoms with van der Waals surface area (Å²) in [6.07, 6.45) is 3.33. The molecule has 0 bridgehead atoms. The number of hydrogen-bond acceptors (Lipinski definition) is 2. The van der Waals surface area contributed by atoms with E-state index in [9.17, 15) is 4.79 Å². The molecule has 0 spiro atoms. The Hall–Kier alpha value is -2.35. The predicted molar refractivity (Wildman–Crippen MR) is 73.5 cm³/mol. The minimum Gasteiger partial charge on any atom is -0.485 e. The first-order chi connectivity index (χ1) is 9.31. The third-order valence-corrected chi connectivity index (χ3v) is 3.43. The number of rotatable bonds is 2. The SMILES string of the molecule is O=C1C=COC(c2ccccc2)(c2ccccc2)C1. The second-order valence-electron chi connectivity index (χ2n) is 4.62. The highest BCUT2D eigenvalue weighted by Gasteiger charge is 2.39. The number of ketones is 1. The molecule has 1 aliphatic heterocycles. The van der Waals surface area contributed by atoms with Crippen LogP contribution in [0.3, 0.4) is 0 Å². The average Bonchev–Trinajstić information content (AvgIpc) is 2.49. The minimum absolute atomic E-state index is 0.0824. The third-order valence-electron chi connectivity index (χ3n) is 3.43. The predicted octanol–water partition coefficient (Wildman–Crippen LogP) is 3.43. The maximum atomic E-state index is 11.9. The van der Waals surface area contributed by atoms with Crippen LogP contribution in [0.15, 0.2) is 73.0 Å². The Labute approximate surface area is 112 Å². The smallest absolute Gasteiger partial charge is 0.165 e. The largest absolute Gasteiger partial charge is 0.485 e. The number of carbonyl (C=O) groups excluding carboxylic acids is 1. The number of allylic oxidation sites excluding steroid dienone is 1. The Morgan fingerprint density at radius 3 is 1.84 bits per heavy atom. The highest BCUT2D eigenvalue weighted by atomic mass is 16.5. The van der Waals surface area contributed by atoms with Crippen LogP contribution >= 0.6 is 0 Å². The van der Waals surface area contributed by atoms with Crippen molar-refractivity contribution in [2.24, 2.45) is 0 Å². The van der Waals surface area contributed by atoms with Gasteiger partial charge < -0.3 is 4.74 Å². The summed E-state index contributed by atoms with van der Waals surface area (Å²) in [7, 11) is 0. The van der Waals surface area contributed by atoms with Gasteiger partial charge in [-0.3, -0.25) is 4.79 Å². The third kappa shape index (κ3) is 2.06. The highest BCUT2D eigenvalue weighted by Crippen LogP contribution is 2.39. The average molecular weight is 250 g/mol. The molecule has 2 aromatic carbocycles. The highest BCUT2D eigenvalue weighted by molar-refractivity contribution is 5.91. The molecule has 19 heavy (non-hydrogen) atoms. The molecular formula is C17H14O2. The molecule has 0 saturated heterocycles. The van der Waals surface area contributed by atoms with E-state index in [1.807, 2.05) is 60.7 Å². The molecule has 0 atom stereocenters. The summed E-state index contributed by atoms with van der Waals surface area (Å²) in [4.78, 5) is 11.9. The van der Waals surface area contributed by atoms with E-state index in [4.69, 9.17) is 4.74 Å². The van der Waals surface area contributed by atoms with Crippen LogP contribution in [0.25, 0.3) is 0 Å². The Morgan fingerprint density at radius 2 is 1.37 bits per heavy atom. The van der Waals surface area contributed by atoms with Crippen molar-refractivity contribution in [2.45, 2.75) is 12.0 Å². The topological polar surface area (TPSA) is 26.3 Å². The molecule has 0 saturated carbocycles. The molecule has 3 rings (SSSR count). The van der Waals surface area contributed by atoms with E-state index >= 15 is 0 Å². The summed E-state index contributed by atoms with van der Waals surface area (Å²) >= 11 is 0. The number of carbonyl (C=O) groups is 1.